The van der Waals surface area contributed by atoms with Crippen molar-refractivity contribution < 1.29 is 9.50 Å². The lowest BCUT2D eigenvalue weighted by atomic mass is 9.55. The average molecular weight is 528 g/mol. The molecule has 38 heavy (non-hydrogen) atoms. The second kappa shape index (κ2) is 8.89. The Kier molecular flexibility index (Phi) is 5.57. The van der Waals surface area contributed by atoms with Gasteiger partial charge in [0, 0.05) is 17.2 Å². The van der Waals surface area contributed by atoms with Crippen LogP contribution in [-0.4, -0.2) is 31.8 Å². The molecule has 6 atom stereocenters. The van der Waals surface area contributed by atoms with Gasteiger partial charge >= 0.3 is 0 Å². The van der Waals surface area contributed by atoms with Gasteiger partial charge in [-0.05, 0) is 80.0 Å². The summed E-state index contributed by atoms with van der Waals surface area (Å²) in [5.41, 5.74) is 3.79. The van der Waals surface area contributed by atoms with E-state index in [1.165, 1.54) is 12.5 Å². The van der Waals surface area contributed by atoms with Crippen LogP contribution in [0.4, 0.5) is 9.52 Å². The van der Waals surface area contributed by atoms with E-state index in [-0.39, 0.29) is 23.3 Å². The van der Waals surface area contributed by atoms with Gasteiger partial charge < -0.3 is 15.0 Å². The molecule has 0 radical (unpaired) electrons. The maximum Gasteiger partial charge on any atom is 0.184 e. The minimum absolute atomic E-state index is 0.211. The summed E-state index contributed by atoms with van der Waals surface area (Å²) in [6.45, 7) is 2.31. The molecule has 4 aromatic rings. The standard InChI is InChI=1S/C30H30FN5OS/c1-17-7-19-8-20(34-29-35-23-6-5-18(14-32)9-26(23)38-29)13-30(11-17,12-19)27(37)10-24-28-21(3-2-4-22(28)31)25-15-33-16-36(24)25/h2-6,9,15-17,19-20,24,27,37H,7-8,10-13H2,1H3,(H,34,35)/t17?,19?,20-,24?,27?,30?/m1/s1. The molecule has 3 aliphatic rings. The highest BCUT2D eigenvalue weighted by Crippen LogP contribution is 2.55. The third-order valence-corrected chi connectivity index (χ3v) is 10.1. The van der Waals surface area contributed by atoms with E-state index in [1.807, 2.05) is 22.8 Å². The van der Waals surface area contributed by atoms with Gasteiger partial charge in [0.05, 0.1) is 52.2 Å². The van der Waals surface area contributed by atoms with Gasteiger partial charge in [-0.1, -0.05) is 30.4 Å². The Hall–Kier alpha value is -3.28. The Morgan fingerprint density at radius 2 is 2.16 bits per heavy atom. The molecule has 194 valence electrons. The van der Waals surface area contributed by atoms with E-state index in [0.717, 1.165) is 52.3 Å². The number of nitrogens with one attached hydrogen (secondary N) is 1. The molecule has 2 fully saturated rings. The minimum atomic E-state index is -0.559. The van der Waals surface area contributed by atoms with Gasteiger partial charge in [0.2, 0.25) is 0 Å². The molecule has 0 spiro atoms. The van der Waals surface area contributed by atoms with Crippen molar-refractivity contribution in [3.05, 3.63) is 65.9 Å². The molecular weight excluding hydrogens is 497 g/mol. The van der Waals surface area contributed by atoms with E-state index in [0.29, 0.717) is 29.4 Å². The van der Waals surface area contributed by atoms with Crippen molar-refractivity contribution in [3.8, 4) is 17.3 Å². The van der Waals surface area contributed by atoms with Crippen molar-refractivity contribution in [2.24, 2.45) is 17.3 Å². The number of nitriles is 1. The van der Waals surface area contributed by atoms with Crippen LogP contribution in [0.3, 0.4) is 0 Å². The summed E-state index contributed by atoms with van der Waals surface area (Å²) >= 11 is 1.58. The number of hydrogen-bond donors (Lipinski definition) is 2. The van der Waals surface area contributed by atoms with E-state index < -0.39 is 6.10 Å². The Labute approximate surface area is 225 Å². The van der Waals surface area contributed by atoms with Gasteiger partial charge in [-0.15, -0.1) is 0 Å². The van der Waals surface area contributed by atoms with Crippen molar-refractivity contribution >= 4 is 26.7 Å². The zero-order valence-corrected chi connectivity index (χ0v) is 22.1. The maximum absolute atomic E-state index is 15.1. The van der Waals surface area contributed by atoms with Crippen molar-refractivity contribution in [2.75, 3.05) is 5.32 Å². The number of nitrogens with zero attached hydrogens (tertiary/aromatic N) is 4. The van der Waals surface area contributed by atoms with Crippen LogP contribution in [0.15, 0.2) is 48.9 Å². The zero-order valence-electron chi connectivity index (χ0n) is 21.3. The lowest BCUT2D eigenvalue weighted by Crippen LogP contribution is -2.50. The zero-order chi connectivity index (χ0) is 26.0. The number of aliphatic hydroxyl groups is 1. The molecule has 0 saturated heterocycles. The first-order chi connectivity index (χ1) is 18.4. The molecule has 2 aromatic carbocycles. The molecule has 2 aliphatic carbocycles. The fraction of sp³-hybridized carbons (Fsp3) is 0.433. The van der Waals surface area contributed by atoms with Crippen LogP contribution in [0.5, 0.6) is 0 Å². The average Bonchev–Trinajstić information content (AvgIpc) is 3.58. The van der Waals surface area contributed by atoms with Crippen molar-refractivity contribution in [1.29, 1.82) is 5.26 Å². The molecule has 1 aliphatic heterocycles. The van der Waals surface area contributed by atoms with E-state index in [4.69, 9.17) is 4.98 Å². The number of halogens is 1. The highest BCUT2D eigenvalue weighted by atomic mass is 32.1. The summed E-state index contributed by atoms with van der Waals surface area (Å²) in [6.07, 6.45) is 8.55. The fourth-order valence-corrected chi connectivity index (χ4v) is 8.83. The van der Waals surface area contributed by atoms with E-state index >= 15 is 4.39 Å². The SMILES string of the molecule is CC1CC2C[C@@H](Nc3nc4ccc(C#N)cc4s3)CC(C(O)CC3c4c(F)cccc4-c4cncn43)(C1)C2. The molecule has 2 bridgehead atoms. The maximum atomic E-state index is 15.1. The van der Waals surface area contributed by atoms with Crippen LogP contribution in [-0.2, 0) is 0 Å². The summed E-state index contributed by atoms with van der Waals surface area (Å²) in [4.78, 5) is 9.11. The van der Waals surface area contributed by atoms with Crippen LogP contribution in [0.2, 0.25) is 0 Å². The highest BCUT2D eigenvalue weighted by molar-refractivity contribution is 7.22. The molecular formula is C30H30FN5OS. The summed E-state index contributed by atoms with van der Waals surface area (Å²) in [7, 11) is 0. The number of rotatable bonds is 5. The Bertz CT molecular complexity index is 1570. The number of thiazole rings is 1. The predicted octanol–water partition coefficient (Wildman–Crippen LogP) is 6.52. The van der Waals surface area contributed by atoms with Crippen molar-refractivity contribution in [1.82, 2.24) is 14.5 Å². The lowest BCUT2D eigenvalue weighted by molar-refractivity contribution is -0.0726. The number of aromatic nitrogens is 3. The van der Waals surface area contributed by atoms with Gasteiger partial charge in [0.25, 0.3) is 0 Å². The number of aliphatic hydroxyl groups excluding tert-OH is 1. The number of anilines is 1. The second-order valence-electron chi connectivity index (χ2n) is 11.7. The minimum Gasteiger partial charge on any atom is -0.392 e. The van der Waals surface area contributed by atoms with E-state index in [9.17, 15) is 10.4 Å². The Morgan fingerprint density at radius 3 is 3.03 bits per heavy atom. The topological polar surface area (TPSA) is 86.8 Å². The number of benzene rings is 2. The first-order valence-electron chi connectivity index (χ1n) is 13.5. The number of fused-ring (bicyclic) bond motifs is 6. The normalized spacial score (nSPS) is 28.5. The Morgan fingerprint density at radius 1 is 1.26 bits per heavy atom. The van der Waals surface area contributed by atoms with Gasteiger partial charge in [0.15, 0.2) is 5.13 Å². The molecule has 2 N–H and O–H groups in total. The van der Waals surface area contributed by atoms with Gasteiger partial charge in [-0.25, -0.2) is 14.4 Å². The molecule has 7 rings (SSSR count). The summed E-state index contributed by atoms with van der Waals surface area (Å²) in [5.74, 6) is 0.873. The van der Waals surface area contributed by atoms with Gasteiger partial charge in [0.1, 0.15) is 5.82 Å². The largest absolute Gasteiger partial charge is 0.392 e. The van der Waals surface area contributed by atoms with Crippen LogP contribution in [0.1, 0.15) is 62.6 Å². The van der Waals surface area contributed by atoms with E-state index in [1.54, 1.807) is 36.0 Å². The van der Waals surface area contributed by atoms with Crippen LogP contribution < -0.4 is 5.32 Å². The van der Waals surface area contributed by atoms with Crippen molar-refractivity contribution in [2.45, 2.75) is 63.6 Å². The molecule has 2 saturated carbocycles. The van der Waals surface area contributed by atoms with Crippen molar-refractivity contribution in [3.63, 3.8) is 0 Å². The predicted molar refractivity (Wildman–Crippen MR) is 146 cm³/mol. The molecule has 5 unspecified atom stereocenters. The van der Waals surface area contributed by atoms with Crippen LogP contribution in [0.25, 0.3) is 21.5 Å². The lowest BCUT2D eigenvalue weighted by Gasteiger charge is -2.53. The fourth-order valence-electron chi connectivity index (χ4n) is 7.85. The molecule has 2 aromatic heterocycles. The first-order valence-corrected chi connectivity index (χ1v) is 14.3. The number of hydrogen-bond acceptors (Lipinski definition) is 6. The highest BCUT2D eigenvalue weighted by Gasteiger charge is 2.50. The van der Waals surface area contributed by atoms with Gasteiger partial charge in [-0.2, -0.15) is 5.26 Å². The third-order valence-electron chi connectivity index (χ3n) is 9.12. The Balaban J connectivity index is 1.16. The van der Waals surface area contributed by atoms with Crippen LogP contribution >= 0.6 is 11.3 Å². The van der Waals surface area contributed by atoms with Gasteiger partial charge in [-0.3, -0.25) is 0 Å². The first kappa shape index (κ1) is 23.8. The summed E-state index contributed by atoms with van der Waals surface area (Å²) < 4.78 is 18.1. The van der Waals surface area contributed by atoms with Crippen LogP contribution in [0, 0.1) is 34.4 Å². The second-order valence-corrected chi connectivity index (χ2v) is 12.8. The molecule has 6 nitrogen and oxygen atoms in total. The van der Waals surface area contributed by atoms with E-state index in [2.05, 4.69) is 23.3 Å². The number of imidazole rings is 1. The smallest absolute Gasteiger partial charge is 0.184 e. The monoisotopic (exact) mass is 527 g/mol. The molecule has 0 amide bonds. The third kappa shape index (κ3) is 3.83. The summed E-state index contributed by atoms with van der Waals surface area (Å²) in [6, 6.07) is 13.0. The quantitative estimate of drug-likeness (QED) is 0.309. The molecule has 8 heteroatoms. The molecule has 3 heterocycles. The summed E-state index contributed by atoms with van der Waals surface area (Å²) in [5, 5.41) is 25.8.